The van der Waals surface area contributed by atoms with E-state index >= 15 is 0 Å². The molecule has 1 aromatic carbocycles. The average Bonchev–Trinajstić information content (AvgIpc) is 2.72. The molecule has 0 radical (unpaired) electrons. The van der Waals surface area contributed by atoms with Crippen LogP contribution in [0, 0.1) is 5.82 Å². The molecule has 1 aliphatic heterocycles. The van der Waals surface area contributed by atoms with Gasteiger partial charge in [-0.1, -0.05) is 6.07 Å². The summed E-state index contributed by atoms with van der Waals surface area (Å²) in [5, 5.41) is 0. The van der Waals surface area contributed by atoms with Gasteiger partial charge < -0.3 is 15.2 Å². The number of halogens is 4. The maximum atomic E-state index is 14.9. The third-order valence-corrected chi connectivity index (χ3v) is 4.69. The smallest absolute Gasteiger partial charge is 0.283 e. The Kier molecular flexibility index (Phi) is 6.18. The van der Waals surface area contributed by atoms with Crippen molar-refractivity contribution >= 4 is 11.8 Å². The third-order valence-electron chi connectivity index (χ3n) is 4.69. The quantitative estimate of drug-likeness (QED) is 0.540. The number of carbonyl (C=O) groups excluding carboxylic acids is 1. The molecule has 0 aliphatic carbocycles. The van der Waals surface area contributed by atoms with E-state index in [9.17, 15) is 22.4 Å². The fraction of sp³-hybridized carbons (Fsp3) is 0.368. The van der Waals surface area contributed by atoms with E-state index in [1.54, 1.807) is 0 Å². The van der Waals surface area contributed by atoms with Crippen LogP contribution in [0.25, 0.3) is 0 Å². The number of hydrogen-bond donors (Lipinski definition) is 1. The topological polar surface area (TPSA) is 99.7 Å². The first-order chi connectivity index (χ1) is 14.3. The van der Waals surface area contributed by atoms with E-state index in [2.05, 4.69) is 19.7 Å². The zero-order valence-electron chi connectivity index (χ0n) is 15.8. The van der Waals surface area contributed by atoms with Crippen LogP contribution in [0.15, 0.2) is 35.6 Å². The lowest BCUT2D eigenvalue weighted by molar-refractivity contribution is 0.00449. The van der Waals surface area contributed by atoms with Crippen LogP contribution in [0.2, 0.25) is 0 Å². The summed E-state index contributed by atoms with van der Waals surface area (Å²) in [6, 6.07) is 3.22. The average molecular weight is 426 g/mol. The molecule has 1 aromatic heterocycles. The largest absolute Gasteiger partial charge is 0.456 e. The molecule has 0 unspecified atom stereocenters. The standard InChI is InChI=1S/C19H18F4N4O3/c1-19(17(23)15(6-20)30-18(24)27-19)11-4-10(2-3-12(11)22)5-14(28)13-7-26-16(8-25-13)29-9-21/h2-4,7-8,15,17H,5-6,9H2,1H3,(H2,24,27)/t15-,17-,19+/m0/s1. The molecule has 0 fully saturated rings. The van der Waals surface area contributed by atoms with Gasteiger partial charge in [0.2, 0.25) is 12.7 Å². The van der Waals surface area contributed by atoms with Crippen molar-refractivity contribution in [1.82, 2.24) is 9.97 Å². The number of aliphatic imine (C=N–C) groups is 1. The Bertz CT molecular complexity index is 957. The molecule has 1 aliphatic rings. The zero-order valence-corrected chi connectivity index (χ0v) is 15.8. The number of benzene rings is 1. The first-order valence-corrected chi connectivity index (χ1v) is 8.83. The van der Waals surface area contributed by atoms with Crippen LogP contribution >= 0.6 is 0 Å². The van der Waals surface area contributed by atoms with E-state index in [1.165, 1.54) is 19.1 Å². The monoisotopic (exact) mass is 426 g/mol. The summed E-state index contributed by atoms with van der Waals surface area (Å²) in [5.41, 5.74) is 3.81. The van der Waals surface area contributed by atoms with Crippen LogP contribution in [0.5, 0.6) is 5.88 Å². The van der Waals surface area contributed by atoms with E-state index in [-0.39, 0.29) is 23.6 Å². The molecule has 3 rings (SSSR count). The van der Waals surface area contributed by atoms with Crippen molar-refractivity contribution in [1.29, 1.82) is 0 Å². The highest BCUT2D eigenvalue weighted by atomic mass is 19.1. The van der Waals surface area contributed by atoms with Crippen molar-refractivity contribution < 1.29 is 31.8 Å². The summed E-state index contributed by atoms with van der Waals surface area (Å²) in [6.07, 6.45) is -1.54. The molecule has 0 bridgehead atoms. The van der Waals surface area contributed by atoms with Crippen molar-refractivity contribution in [3.8, 4) is 5.88 Å². The van der Waals surface area contributed by atoms with E-state index in [0.717, 1.165) is 18.5 Å². The van der Waals surface area contributed by atoms with Gasteiger partial charge in [-0.2, -0.15) is 0 Å². The minimum Gasteiger partial charge on any atom is -0.456 e. The number of hydrogen-bond acceptors (Lipinski definition) is 7. The van der Waals surface area contributed by atoms with Gasteiger partial charge in [-0.25, -0.2) is 32.5 Å². The van der Waals surface area contributed by atoms with Crippen molar-refractivity contribution in [2.45, 2.75) is 31.2 Å². The van der Waals surface area contributed by atoms with Crippen molar-refractivity contribution in [3.05, 3.63) is 53.2 Å². The zero-order chi connectivity index (χ0) is 21.9. The molecule has 0 saturated carbocycles. The van der Waals surface area contributed by atoms with Crippen molar-refractivity contribution in [2.24, 2.45) is 10.7 Å². The molecule has 2 N–H and O–H groups in total. The number of nitrogens with zero attached hydrogens (tertiary/aromatic N) is 3. The fourth-order valence-electron chi connectivity index (χ4n) is 3.15. The number of aromatic nitrogens is 2. The second-order valence-electron chi connectivity index (χ2n) is 6.72. The van der Waals surface area contributed by atoms with Crippen molar-refractivity contribution in [2.75, 3.05) is 13.5 Å². The van der Waals surface area contributed by atoms with Crippen molar-refractivity contribution in [3.63, 3.8) is 0 Å². The number of amidine groups is 1. The first kappa shape index (κ1) is 21.5. The molecule has 30 heavy (non-hydrogen) atoms. The second kappa shape index (κ2) is 8.64. The van der Waals surface area contributed by atoms with Crippen LogP contribution in [0.1, 0.15) is 28.5 Å². The van der Waals surface area contributed by atoms with Gasteiger partial charge in [0.1, 0.15) is 23.7 Å². The highest BCUT2D eigenvalue weighted by Gasteiger charge is 2.48. The predicted molar refractivity (Wildman–Crippen MR) is 97.8 cm³/mol. The normalized spacial score (nSPS) is 23.4. The van der Waals surface area contributed by atoms with E-state index in [0.29, 0.717) is 5.56 Å². The van der Waals surface area contributed by atoms with Crippen LogP contribution in [0.3, 0.4) is 0 Å². The molecule has 7 nitrogen and oxygen atoms in total. The maximum Gasteiger partial charge on any atom is 0.283 e. The first-order valence-electron chi connectivity index (χ1n) is 8.83. The van der Waals surface area contributed by atoms with Crippen LogP contribution in [0.4, 0.5) is 17.6 Å². The Hall–Kier alpha value is -3.24. The van der Waals surface area contributed by atoms with E-state index < -0.39 is 49.0 Å². The molecule has 3 atom stereocenters. The van der Waals surface area contributed by atoms with Gasteiger partial charge in [-0.05, 0) is 24.6 Å². The Labute approximate surface area is 168 Å². The lowest BCUT2D eigenvalue weighted by Gasteiger charge is -2.37. The summed E-state index contributed by atoms with van der Waals surface area (Å²) in [6.45, 7) is -0.988. The van der Waals surface area contributed by atoms with Crippen LogP contribution in [-0.4, -0.2) is 47.6 Å². The van der Waals surface area contributed by atoms with Gasteiger partial charge in [0.25, 0.3) is 6.02 Å². The lowest BCUT2D eigenvalue weighted by atomic mass is 9.83. The number of ketones is 1. The predicted octanol–water partition coefficient (Wildman–Crippen LogP) is 2.58. The molecule has 11 heteroatoms. The summed E-state index contributed by atoms with van der Waals surface area (Å²) < 4.78 is 64.0. The number of nitrogens with two attached hydrogens (primary N) is 1. The SMILES string of the molecule is C[C@]1(c2cc(CC(=O)c3cnc(OCF)cn3)ccc2F)N=C(N)O[C@@H](CF)[C@@H]1F. The molecular weight excluding hydrogens is 408 g/mol. The van der Waals surface area contributed by atoms with Crippen LogP contribution in [-0.2, 0) is 16.7 Å². The molecule has 0 spiro atoms. The molecule has 2 heterocycles. The molecule has 0 amide bonds. The number of ether oxygens (including phenoxy) is 2. The van der Waals surface area contributed by atoms with Gasteiger partial charge in [0.05, 0.1) is 12.4 Å². The van der Waals surface area contributed by atoms with Gasteiger partial charge in [0.15, 0.2) is 18.1 Å². The van der Waals surface area contributed by atoms with E-state index in [1.807, 2.05) is 0 Å². The van der Waals surface area contributed by atoms with Gasteiger partial charge in [-0.15, -0.1) is 0 Å². The Balaban J connectivity index is 1.88. The molecule has 160 valence electrons. The van der Waals surface area contributed by atoms with Gasteiger partial charge in [-0.3, -0.25) is 4.79 Å². The number of carbonyl (C=O) groups is 1. The summed E-state index contributed by atoms with van der Waals surface area (Å²) in [7, 11) is 0. The van der Waals surface area contributed by atoms with Crippen LogP contribution < -0.4 is 10.5 Å². The summed E-state index contributed by atoms with van der Waals surface area (Å²) in [5.74, 6) is -1.34. The summed E-state index contributed by atoms with van der Waals surface area (Å²) in [4.78, 5) is 23.9. The molecule has 2 aromatic rings. The summed E-state index contributed by atoms with van der Waals surface area (Å²) >= 11 is 0. The number of rotatable bonds is 7. The van der Waals surface area contributed by atoms with E-state index in [4.69, 9.17) is 10.5 Å². The second-order valence-corrected chi connectivity index (χ2v) is 6.72. The maximum absolute atomic E-state index is 14.9. The fourth-order valence-corrected chi connectivity index (χ4v) is 3.15. The highest BCUT2D eigenvalue weighted by molar-refractivity contribution is 5.95. The molecular formula is C19H18F4N4O3. The Morgan fingerprint density at radius 2 is 2.07 bits per heavy atom. The Morgan fingerprint density at radius 1 is 1.30 bits per heavy atom. The number of alkyl halides is 3. The molecule has 0 saturated heterocycles. The Morgan fingerprint density at radius 3 is 2.70 bits per heavy atom. The van der Waals surface area contributed by atoms with Gasteiger partial charge >= 0.3 is 0 Å². The minimum atomic E-state index is -2.01. The lowest BCUT2D eigenvalue weighted by Crippen LogP contribution is -2.50. The number of Topliss-reactive ketones (excluding diaryl/α,β-unsaturated/α-hetero) is 1. The third kappa shape index (κ3) is 4.19. The van der Waals surface area contributed by atoms with Gasteiger partial charge in [0, 0.05) is 12.0 Å². The highest BCUT2D eigenvalue weighted by Crippen LogP contribution is 2.38. The minimum absolute atomic E-state index is 0.0208.